The average Bonchev–Trinajstić information content (AvgIpc) is 3.44. The molecule has 2 aliphatic rings. The highest BCUT2D eigenvalue weighted by Gasteiger charge is 2.31. The van der Waals surface area contributed by atoms with E-state index in [-0.39, 0.29) is 6.03 Å². The fraction of sp³-hybridized carbons (Fsp3) is 0.524. The lowest BCUT2D eigenvalue weighted by Crippen LogP contribution is -2.37. The van der Waals surface area contributed by atoms with E-state index in [4.69, 9.17) is 9.47 Å². The molecule has 1 aromatic heterocycles. The zero-order valence-electron chi connectivity index (χ0n) is 16.8. The summed E-state index contributed by atoms with van der Waals surface area (Å²) in [6, 6.07) is 7.92. The molecule has 2 aromatic rings. The van der Waals surface area contributed by atoms with Gasteiger partial charge in [-0.15, -0.1) is 0 Å². The van der Waals surface area contributed by atoms with Crippen LogP contribution in [0.2, 0.25) is 0 Å². The lowest BCUT2D eigenvalue weighted by atomic mass is 10.1. The van der Waals surface area contributed by atoms with Gasteiger partial charge in [-0.25, -0.2) is 9.48 Å². The predicted molar refractivity (Wildman–Crippen MR) is 107 cm³/mol. The number of para-hydroxylation sites is 1. The van der Waals surface area contributed by atoms with Crippen LogP contribution in [0.1, 0.15) is 43.5 Å². The van der Waals surface area contributed by atoms with Crippen molar-refractivity contribution in [1.29, 1.82) is 0 Å². The van der Waals surface area contributed by atoms with Gasteiger partial charge in [-0.05, 0) is 45.1 Å². The summed E-state index contributed by atoms with van der Waals surface area (Å²) in [5.74, 6) is 2.86. The van der Waals surface area contributed by atoms with Crippen LogP contribution in [-0.2, 0) is 6.54 Å². The summed E-state index contributed by atoms with van der Waals surface area (Å²) in [6.45, 7) is 5.79. The summed E-state index contributed by atoms with van der Waals surface area (Å²) >= 11 is 0. The molecule has 1 aliphatic heterocycles. The summed E-state index contributed by atoms with van der Waals surface area (Å²) in [6.07, 6.45) is 3.23. The number of methoxy groups -OCH3 is 1. The molecule has 4 rings (SSSR count). The molecule has 1 N–H and O–H groups in total. The van der Waals surface area contributed by atoms with Crippen molar-refractivity contribution in [2.75, 3.05) is 25.6 Å². The maximum Gasteiger partial charge on any atom is 0.323 e. The van der Waals surface area contributed by atoms with Gasteiger partial charge in [0, 0.05) is 18.2 Å². The Morgan fingerprint density at radius 1 is 1.39 bits per heavy atom. The molecule has 150 valence electrons. The number of carbonyl (C=O) groups excluding carboxylic acids is 1. The molecule has 0 bridgehead atoms. The van der Waals surface area contributed by atoms with Crippen LogP contribution in [0.4, 0.5) is 10.6 Å². The van der Waals surface area contributed by atoms with Gasteiger partial charge in [0.1, 0.15) is 5.82 Å². The Kier molecular flexibility index (Phi) is 5.15. The van der Waals surface area contributed by atoms with E-state index in [0.717, 1.165) is 29.2 Å². The van der Waals surface area contributed by atoms with Crippen LogP contribution in [0.25, 0.3) is 0 Å². The van der Waals surface area contributed by atoms with Crippen LogP contribution >= 0.6 is 0 Å². The zero-order valence-corrected chi connectivity index (χ0v) is 16.8. The molecular formula is C21H28N4O3. The normalized spacial score (nSPS) is 17.8. The van der Waals surface area contributed by atoms with Crippen LogP contribution in [-0.4, -0.2) is 41.0 Å². The smallest absolute Gasteiger partial charge is 0.323 e. The second-order valence-electron chi connectivity index (χ2n) is 7.70. The third kappa shape index (κ3) is 3.79. The number of hydrogen-bond donors (Lipinski definition) is 1. The van der Waals surface area contributed by atoms with Crippen LogP contribution in [0, 0.1) is 12.8 Å². The van der Waals surface area contributed by atoms with E-state index in [0.29, 0.717) is 37.4 Å². The lowest BCUT2D eigenvalue weighted by Gasteiger charge is -2.27. The van der Waals surface area contributed by atoms with Gasteiger partial charge >= 0.3 is 6.03 Å². The van der Waals surface area contributed by atoms with E-state index in [1.165, 1.54) is 12.8 Å². The number of ether oxygens (including phenoxy) is 2. The van der Waals surface area contributed by atoms with E-state index in [2.05, 4.69) is 17.3 Å². The number of nitrogens with one attached hydrogen (secondary N) is 1. The number of anilines is 1. The number of rotatable bonds is 4. The summed E-state index contributed by atoms with van der Waals surface area (Å²) in [7, 11) is 1.63. The number of carbonyl (C=O) groups is 1. The Bertz CT molecular complexity index is 859. The number of amides is 2. The highest BCUT2D eigenvalue weighted by atomic mass is 16.5. The first-order valence-corrected chi connectivity index (χ1v) is 9.97. The Labute approximate surface area is 165 Å². The molecule has 0 unspecified atom stereocenters. The molecule has 1 atom stereocenters. The van der Waals surface area contributed by atoms with Gasteiger partial charge in [0.25, 0.3) is 0 Å². The first kappa shape index (κ1) is 18.7. The maximum atomic E-state index is 13.1. The first-order chi connectivity index (χ1) is 13.6. The van der Waals surface area contributed by atoms with Gasteiger partial charge in [-0.1, -0.05) is 12.1 Å². The number of nitrogens with zero attached hydrogens (tertiary/aromatic N) is 3. The highest BCUT2D eigenvalue weighted by molar-refractivity contribution is 5.88. The molecule has 0 saturated heterocycles. The quantitative estimate of drug-likeness (QED) is 0.865. The molecule has 7 heteroatoms. The van der Waals surface area contributed by atoms with E-state index in [1.54, 1.807) is 7.11 Å². The molecule has 2 amide bonds. The van der Waals surface area contributed by atoms with Crippen molar-refractivity contribution in [2.24, 2.45) is 5.92 Å². The van der Waals surface area contributed by atoms with Crippen molar-refractivity contribution in [2.45, 2.75) is 45.7 Å². The molecule has 28 heavy (non-hydrogen) atoms. The summed E-state index contributed by atoms with van der Waals surface area (Å²) in [5, 5.41) is 7.70. The fourth-order valence-electron chi connectivity index (χ4n) is 3.79. The highest BCUT2D eigenvalue weighted by Crippen LogP contribution is 2.40. The third-order valence-electron chi connectivity index (χ3n) is 5.53. The van der Waals surface area contributed by atoms with E-state index in [9.17, 15) is 4.79 Å². The van der Waals surface area contributed by atoms with Crippen molar-refractivity contribution >= 4 is 11.8 Å². The second-order valence-corrected chi connectivity index (χ2v) is 7.70. The van der Waals surface area contributed by atoms with E-state index >= 15 is 0 Å². The van der Waals surface area contributed by atoms with Crippen molar-refractivity contribution in [3.63, 3.8) is 0 Å². The minimum absolute atomic E-state index is 0.111. The van der Waals surface area contributed by atoms with Crippen LogP contribution in [0.15, 0.2) is 24.3 Å². The Morgan fingerprint density at radius 3 is 2.96 bits per heavy atom. The Balaban J connectivity index is 1.53. The molecule has 0 radical (unpaired) electrons. The third-order valence-corrected chi connectivity index (χ3v) is 5.53. The molecule has 2 heterocycles. The molecule has 7 nitrogen and oxygen atoms in total. The maximum absolute atomic E-state index is 13.1. The zero-order chi connectivity index (χ0) is 19.7. The number of benzene rings is 1. The number of hydrogen-bond acceptors (Lipinski definition) is 4. The molecule has 1 aromatic carbocycles. The predicted octanol–water partition coefficient (Wildman–Crippen LogP) is 3.99. The standard InChI is InChI=1S/C21H28N4O3/c1-14-12-19(25(23-14)15(2)16-8-9-16)22-21(26)24-10-5-11-28-20-17(13-24)6-4-7-18(20)27-3/h4,6-7,12,15-16H,5,8-11,13H2,1-3H3,(H,22,26)/t15-/m1/s1. The monoisotopic (exact) mass is 384 g/mol. The molecule has 1 saturated carbocycles. The summed E-state index contributed by atoms with van der Waals surface area (Å²) < 4.78 is 13.3. The minimum atomic E-state index is -0.111. The van der Waals surface area contributed by atoms with Crippen LogP contribution in [0.5, 0.6) is 11.5 Å². The molecule has 0 spiro atoms. The average molecular weight is 384 g/mol. The van der Waals surface area contributed by atoms with Gasteiger partial charge < -0.3 is 14.4 Å². The lowest BCUT2D eigenvalue weighted by molar-refractivity contribution is 0.191. The van der Waals surface area contributed by atoms with Gasteiger partial charge in [0.2, 0.25) is 0 Å². The minimum Gasteiger partial charge on any atom is -0.493 e. The van der Waals surface area contributed by atoms with Crippen molar-refractivity contribution in [3.05, 3.63) is 35.5 Å². The topological polar surface area (TPSA) is 68.6 Å². The van der Waals surface area contributed by atoms with E-state index in [1.807, 2.05) is 40.8 Å². The van der Waals surface area contributed by atoms with Gasteiger partial charge in [-0.3, -0.25) is 5.32 Å². The van der Waals surface area contributed by atoms with Crippen molar-refractivity contribution < 1.29 is 14.3 Å². The van der Waals surface area contributed by atoms with E-state index < -0.39 is 0 Å². The van der Waals surface area contributed by atoms with Gasteiger partial charge in [-0.2, -0.15) is 5.10 Å². The SMILES string of the molecule is COc1cccc2c1OCCCN(C(=O)Nc1cc(C)nn1[C@H](C)C1CC1)C2. The molecular weight excluding hydrogens is 356 g/mol. The summed E-state index contributed by atoms with van der Waals surface area (Å²) in [5.41, 5.74) is 1.86. The van der Waals surface area contributed by atoms with Crippen molar-refractivity contribution in [1.82, 2.24) is 14.7 Å². The fourth-order valence-corrected chi connectivity index (χ4v) is 3.79. The largest absolute Gasteiger partial charge is 0.493 e. The van der Waals surface area contributed by atoms with Crippen LogP contribution in [0.3, 0.4) is 0 Å². The number of fused-ring (bicyclic) bond motifs is 1. The number of aromatic nitrogens is 2. The second kappa shape index (κ2) is 7.73. The first-order valence-electron chi connectivity index (χ1n) is 9.97. The molecule has 1 fully saturated rings. The van der Waals surface area contributed by atoms with Crippen LogP contribution < -0.4 is 14.8 Å². The van der Waals surface area contributed by atoms with Gasteiger partial charge in [0.15, 0.2) is 11.5 Å². The summed E-state index contributed by atoms with van der Waals surface area (Å²) in [4.78, 5) is 14.9. The number of urea groups is 1. The number of aryl methyl sites for hydroxylation is 1. The van der Waals surface area contributed by atoms with Gasteiger partial charge in [0.05, 0.1) is 32.0 Å². The Hall–Kier alpha value is -2.70. The Morgan fingerprint density at radius 2 is 2.21 bits per heavy atom. The van der Waals surface area contributed by atoms with Crippen molar-refractivity contribution in [3.8, 4) is 11.5 Å². The molecule has 1 aliphatic carbocycles.